The third kappa shape index (κ3) is 5.22. The second kappa shape index (κ2) is 9.56. The summed E-state index contributed by atoms with van der Waals surface area (Å²) in [5.74, 6) is 0.396. The minimum absolute atomic E-state index is 0.00456. The fraction of sp³-hybridized carbons (Fsp3) is 0.654. The van der Waals surface area contributed by atoms with Gasteiger partial charge in [0, 0.05) is 24.6 Å². The maximum Gasteiger partial charge on any atom is 0.408 e. The molecule has 0 bridgehead atoms. The molecule has 0 aromatic heterocycles. The van der Waals surface area contributed by atoms with E-state index in [9.17, 15) is 14.4 Å². The van der Waals surface area contributed by atoms with Crippen LogP contribution >= 0.6 is 0 Å². The van der Waals surface area contributed by atoms with Gasteiger partial charge in [0.15, 0.2) is 0 Å². The number of ether oxygens (including phenoxy) is 2. The highest BCUT2D eigenvalue weighted by molar-refractivity contribution is 6.07. The van der Waals surface area contributed by atoms with Crippen molar-refractivity contribution in [3.8, 4) is 0 Å². The monoisotopic (exact) mass is 471 g/mol. The molecule has 2 fully saturated rings. The summed E-state index contributed by atoms with van der Waals surface area (Å²) >= 11 is 0. The number of anilines is 2. The first kappa shape index (κ1) is 24.5. The molecular formula is C26H37N3O5. The average molecular weight is 472 g/mol. The number of carbonyl (C=O) groups is 3. The summed E-state index contributed by atoms with van der Waals surface area (Å²) in [7, 11) is 0. The first-order chi connectivity index (χ1) is 16.1. The topological polar surface area (TPSA) is 106 Å². The van der Waals surface area contributed by atoms with Crippen LogP contribution in [0.5, 0.6) is 0 Å². The molecule has 1 aromatic carbocycles. The maximum absolute atomic E-state index is 13.4. The van der Waals surface area contributed by atoms with Gasteiger partial charge >= 0.3 is 6.09 Å². The third-order valence-electron chi connectivity index (χ3n) is 7.32. The molecule has 1 atom stereocenters. The largest absolute Gasteiger partial charge is 0.444 e. The van der Waals surface area contributed by atoms with Crippen LogP contribution in [0.4, 0.5) is 16.2 Å². The van der Waals surface area contributed by atoms with Crippen molar-refractivity contribution in [2.24, 2.45) is 11.8 Å². The van der Waals surface area contributed by atoms with E-state index in [1.54, 1.807) is 20.8 Å². The fourth-order valence-electron chi connectivity index (χ4n) is 5.39. The Morgan fingerprint density at radius 2 is 1.82 bits per heavy atom. The summed E-state index contributed by atoms with van der Waals surface area (Å²) in [4.78, 5) is 38.7. The van der Waals surface area contributed by atoms with Crippen molar-refractivity contribution in [2.45, 2.75) is 83.3 Å². The quantitative estimate of drug-likeness (QED) is 0.606. The minimum Gasteiger partial charge on any atom is -0.444 e. The van der Waals surface area contributed by atoms with Crippen molar-refractivity contribution in [3.63, 3.8) is 0 Å². The number of hydrogen-bond donors (Lipinski definition) is 3. The number of fused-ring (bicyclic) bond motifs is 2. The van der Waals surface area contributed by atoms with Gasteiger partial charge in [0.05, 0.1) is 5.41 Å². The van der Waals surface area contributed by atoms with Crippen molar-refractivity contribution >= 4 is 29.3 Å². The van der Waals surface area contributed by atoms with E-state index in [4.69, 9.17) is 9.47 Å². The second-order valence-electron chi connectivity index (χ2n) is 11.0. The molecule has 1 saturated carbocycles. The lowest BCUT2D eigenvalue weighted by Crippen LogP contribution is -2.50. The molecule has 3 N–H and O–H groups in total. The van der Waals surface area contributed by atoms with Crippen LogP contribution in [-0.2, 0) is 24.5 Å². The van der Waals surface area contributed by atoms with Crippen LogP contribution in [0.3, 0.4) is 0 Å². The zero-order valence-corrected chi connectivity index (χ0v) is 20.7. The van der Waals surface area contributed by atoms with E-state index in [2.05, 4.69) is 22.9 Å². The Balaban J connectivity index is 1.50. The molecule has 2 aliphatic heterocycles. The lowest BCUT2D eigenvalue weighted by molar-refractivity contribution is -0.124. The Kier molecular flexibility index (Phi) is 6.90. The Hall–Kier alpha value is -2.61. The van der Waals surface area contributed by atoms with Gasteiger partial charge in [-0.15, -0.1) is 0 Å². The summed E-state index contributed by atoms with van der Waals surface area (Å²) in [6.45, 7) is 8.74. The van der Waals surface area contributed by atoms with E-state index >= 15 is 0 Å². The second-order valence-corrected chi connectivity index (χ2v) is 11.0. The van der Waals surface area contributed by atoms with Gasteiger partial charge in [-0.3, -0.25) is 9.59 Å². The highest BCUT2D eigenvalue weighted by atomic mass is 16.6. The SMILES string of the molecule is CC1CCC(C(NC(=O)OC(C)(C)C)C(=O)Nc2ccc3c(c2)NC(=O)C32CCOCC2)CC1. The fourth-order valence-corrected chi connectivity index (χ4v) is 5.39. The van der Waals surface area contributed by atoms with Crippen LogP contribution in [0.1, 0.15) is 71.8 Å². The zero-order chi connectivity index (χ0) is 24.5. The predicted molar refractivity (Wildman–Crippen MR) is 130 cm³/mol. The van der Waals surface area contributed by atoms with Crippen LogP contribution in [-0.4, -0.2) is 42.8 Å². The van der Waals surface area contributed by atoms with Crippen LogP contribution < -0.4 is 16.0 Å². The third-order valence-corrected chi connectivity index (χ3v) is 7.32. The Bertz CT molecular complexity index is 940. The predicted octanol–water partition coefficient (Wildman–Crippen LogP) is 4.35. The molecule has 2 heterocycles. The van der Waals surface area contributed by atoms with Crippen molar-refractivity contribution in [1.29, 1.82) is 0 Å². The first-order valence-corrected chi connectivity index (χ1v) is 12.4. The van der Waals surface area contributed by atoms with Crippen molar-refractivity contribution in [2.75, 3.05) is 23.8 Å². The maximum atomic E-state index is 13.4. The van der Waals surface area contributed by atoms with Gasteiger partial charge < -0.3 is 25.4 Å². The highest BCUT2D eigenvalue weighted by Crippen LogP contribution is 2.45. The number of hydrogen-bond acceptors (Lipinski definition) is 5. The summed E-state index contributed by atoms with van der Waals surface area (Å²) in [6.07, 6.45) is 4.52. The first-order valence-electron chi connectivity index (χ1n) is 12.4. The Labute approximate surface area is 201 Å². The summed E-state index contributed by atoms with van der Waals surface area (Å²) in [5, 5.41) is 8.79. The molecule has 1 aromatic rings. The molecule has 3 aliphatic rings. The van der Waals surface area contributed by atoms with Gasteiger partial charge in [0.2, 0.25) is 11.8 Å². The molecule has 4 rings (SSSR count). The van der Waals surface area contributed by atoms with E-state index in [0.717, 1.165) is 36.9 Å². The van der Waals surface area contributed by atoms with Crippen LogP contribution in [0.15, 0.2) is 18.2 Å². The molecular weight excluding hydrogens is 434 g/mol. The van der Waals surface area contributed by atoms with Crippen LogP contribution in [0, 0.1) is 11.8 Å². The average Bonchev–Trinajstić information content (AvgIpc) is 3.02. The lowest BCUT2D eigenvalue weighted by atomic mass is 9.75. The van der Waals surface area contributed by atoms with Gasteiger partial charge in [-0.25, -0.2) is 4.79 Å². The Morgan fingerprint density at radius 1 is 1.15 bits per heavy atom. The standard InChI is InChI=1S/C26H37N3O5/c1-16-5-7-17(8-6-16)21(29-24(32)34-25(2,3)4)22(30)27-18-9-10-19-20(15-18)28-23(31)26(19)11-13-33-14-12-26/h9-10,15-17,21H,5-8,11-14H2,1-4H3,(H,27,30)(H,28,31)(H,29,32). The number of carbonyl (C=O) groups excluding carboxylic acids is 3. The number of alkyl carbamates (subject to hydrolysis) is 1. The van der Waals surface area contributed by atoms with Gasteiger partial charge in [0.1, 0.15) is 11.6 Å². The van der Waals surface area contributed by atoms with Crippen molar-refractivity contribution in [3.05, 3.63) is 23.8 Å². The molecule has 186 valence electrons. The van der Waals surface area contributed by atoms with Crippen LogP contribution in [0.25, 0.3) is 0 Å². The van der Waals surface area contributed by atoms with Crippen molar-refractivity contribution < 1.29 is 23.9 Å². The van der Waals surface area contributed by atoms with Gasteiger partial charge in [-0.05, 0) is 76.0 Å². The summed E-state index contributed by atoms with van der Waals surface area (Å²) in [5.41, 5.74) is 1.09. The van der Waals surface area contributed by atoms with E-state index < -0.39 is 23.2 Å². The number of nitrogens with one attached hydrogen (secondary N) is 3. The van der Waals surface area contributed by atoms with Gasteiger partial charge in [-0.2, -0.15) is 0 Å². The molecule has 1 saturated heterocycles. The molecule has 8 nitrogen and oxygen atoms in total. The van der Waals surface area contributed by atoms with Crippen LogP contribution in [0.2, 0.25) is 0 Å². The molecule has 8 heteroatoms. The summed E-state index contributed by atoms with van der Waals surface area (Å²) < 4.78 is 10.9. The van der Waals surface area contributed by atoms with Crippen molar-refractivity contribution in [1.82, 2.24) is 5.32 Å². The molecule has 1 spiro atoms. The Morgan fingerprint density at radius 3 is 2.47 bits per heavy atom. The lowest BCUT2D eigenvalue weighted by Gasteiger charge is -2.33. The number of amides is 3. The van der Waals surface area contributed by atoms with E-state index in [1.165, 1.54) is 0 Å². The zero-order valence-electron chi connectivity index (χ0n) is 20.7. The molecule has 34 heavy (non-hydrogen) atoms. The minimum atomic E-state index is -0.688. The van der Waals surface area contributed by atoms with E-state index in [1.807, 2.05) is 18.2 Å². The highest BCUT2D eigenvalue weighted by Gasteiger charge is 2.47. The van der Waals surface area contributed by atoms with E-state index in [-0.39, 0.29) is 17.7 Å². The van der Waals surface area contributed by atoms with E-state index in [0.29, 0.717) is 37.7 Å². The normalized spacial score (nSPS) is 24.6. The molecule has 1 aliphatic carbocycles. The smallest absolute Gasteiger partial charge is 0.408 e. The molecule has 0 radical (unpaired) electrons. The number of rotatable bonds is 4. The molecule has 1 unspecified atom stereocenters. The number of benzene rings is 1. The van der Waals surface area contributed by atoms with Gasteiger partial charge in [0.25, 0.3) is 0 Å². The summed E-state index contributed by atoms with van der Waals surface area (Å²) in [6, 6.07) is 4.88. The van der Waals surface area contributed by atoms with Gasteiger partial charge in [-0.1, -0.05) is 25.8 Å². The molecule has 3 amide bonds.